The van der Waals surface area contributed by atoms with Gasteiger partial charge in [0.05, 0.1) is 18.9 Å². The van der Waals surface area contributed by atoms with Crippen molar-refractivity contribution in [2.45, 2.75) is 13.3 Å². The molecule has 106 valence electrons. The van der Waals surface area contributed by atoms with Crippen LogP contribution in [0.5, 0.6) is 5.75 Å². The standard InChI is InChI=1S/C15H19N3O2/c1-11-14(10-17-18(11)2)15(19)16-9-8-12-4-6-13(20-3)7-5-12/h4-7,10H,8-9H2,1-3H3,(H,16,19). The molecule has 5 nitrogen and oxygen atoms in total. The topological polar surface area (TPSA) is 56.1 Å². The Kier molecular flexibility index (Phi) is 4.40. The smallest absolute Gasteiger partial charge is 0.254 e. The number of carbonyl (C=O) groups is 1. The van der Waals surface area contributed by atoms with E-state index in [4.69, 9.17) is 4.74 Å². The summed E-state index contributed by atoms with van der Waals surface area (Å²) in [6.07, 6.45) is 2.38. The number of ether oxygens (including phenoxy) is 1. The Bertz CT molecular complexity index is 588. The largest absolute Gasteiger partial charge is 0.497 e. The summed E-state index contributed by atoms with van der Waals surface area (Å²) < 4.78 is 6.80. The molecule has 1 aromatic heterocycles. The van der Waals surface area contributed by atoms with Gasteiger partial charge in [0.15, 0.2) is 0 Å². The number of benzene rings is 1. The van der Waals surface area contributed by atoms with Gasteiger partial charge in [0, 0.05) is 19.3 Å². The maximum Gasteiger partial charge on any atom is 0.254 e. The molecule has 1 N–H and O–H groups in total. The van der Waals surface area contributed by atoms with Gasteiger partial charge in [-0.1, -0.05) is 12.1 Å². The van der Waals surface area contributed by atoms with E-state index in [1.807, 2.05) is 38.2 Å². The third-order valence-corrected chi connectivity index (χ3v) is 3.34. The third kappa shape index (κ3) is 3.17. The lowest BCUT2D eigenvalue weighted by atomic mass is 10.1. The highest BCUT2D eigenvalue weighted by molar-refractivity contribution is 5.94. The van der Waals surface area contributed by atoms with Crippen molar-refractivity contribution in [3.63, 3.8) is 0 Å². The van der Waals surface area contributed by atoms with Crippen LogP contribution < -0.4 is 10.1 Å². The zero-order valence-corrected chi connectivity index (χ0v) is 12.0. The summed E-state index contributed by atoms with van der Waals surface area (Å²) in [6, 6.07) is 7.84. The molecular formula is C15H19N3O2. The minimum atomic E-state index is -0.0795. The summed E-state index contributed by atoms with van der Waals surface area (Å²) in [4.78, 5) is 12.0. The zero-order valence-electron chi connectivity index (χ0n) is 12.0. The van der Waals surface area contributed by atoms with Gasteiger partial charge in [0.25, 0.3) is 5.91 Å². The number of nitrogens with one attached hydrogen (secondary N) is 1. The van der Waals surface area contributed by atoms with Crippen molar-refractivity contribution in [3.8, 4) is 5.75 Å². The highest BCUT2D eigenvalue weighted by Gasteiger charge is 2.11. The van der Waals surface area contributed by atoms with E-state index in [0.717, 1.165) is 23.4 Å². The maximum absolute atomic E-state index is 12.0. The van der Waals surface area contributed by atoms with Crippen LogP contribution in [0.4, 0.5) is 0 Å². The Morgan fingerprint density at radius 2 is 2.05 bits per heavy atom. The molecule has 0 spiro atoms. The first-order valence-corrected chi connectivity index (χ1v) is 6.51. The van der Waals surface area contributed by atoms with E-state index in [1.165, 1.54) is 0 Å². The number of carbonyl (C=O) groups excluding carboxylic acids is 1. The lowest BCUT2D eigenvalue weighted by molar-refractivity contribution is 0.0953. The van der Waals surface area contributed by atoms with Crippen LogP contribution in [-0.4, -0.2) is 29.3 Å². The van der Waals surface area contributed by atoms with Crippen molar-refractivity contribution in [1.82, 2.24) is 15.1 Å². The molecule has 0 aliphatic carbocycles. The first-order chi connectivity index (χ1) is 9.61. The molecule has 0 fully saturated rings. The van der Waals surface area contributed by atoms with Gasteiger partial charge < -0.3 is 10.1 Å². The molecular weight excluding hydrogens is 254 g/mol. The molecule has 0 atom stereocenters. The van der Waals surface area contributed by atoms with E-state index in [9.17, 15) is 4.79 Å². The number of methoxy groups -OCH3 is 1. The highest BCUT2D eigenvalue weighted by atomic mass is 16.5. The van der Waals surface area contributed by atoms with Gasteiger partial charge in [-0.3, -0.25) is 9.48 Å². The molecule has 5 heteroatoms. The van der Waals surface area contributed by atoms with Crippen LogP contribution in [0.2, 0.25) is 0 Å². The molecule has 0 saturated heterocycles. The van der Waals surface area contributed by atoms with Gasteiger partial charge in [-0.15, -0.1) is 0 Å². The number of aromatic nitrogens is 2. The summed E-state index contributed by atoms with van der Waals surface area (Å²) in [5.74, 6) is 0.757. The van der Waals surface area contributed by atoms with Crippen LogP contribution in [-0.2, 0) is 13.5 Å². The van der Waals surface area contributed by atoms with Gasteiger partial charge >= 0.3 is 0 Å². The van der Waals surface area contributed by atoms with Gasteiger partial charge in [0.2, 0.25) is 0 Å². The number of nitrogens with zero attached hydrogens (tertiary/aromatic N) is 2. The minimum Gasteiger partial charge on any atom is -0.497 e. The molecule has 1 heterocycles. The molecule has 1 aromatic carbocycles. The number of hydrogen-bond donors (Lipinski definition) is 1. The second-order valence-corrected chi connectivity index (χ2v) is 4.62. The summed E-state index contributed by atoms with van der Waals surface area (Å²) in [6.45, 7) is 2.48. The number of hydrogen-bond acceptors (Lipinski definition) is 3. The fourth-order valence-corrected chi connectivity index (χ4v) is 1.93. The summed E-state index contributed by atoms with van der Waals surface area (Å²) in [7, 11) is 3.47. The van der Waals surface area contributed by atoms with Crippen LogP contribution in [0.3, 0.4) is 0 Å². The quantitative estimate of drug-likeness (QED) is 0.902. The molecule has 1 amide bonds. The van der Waals surface area contributed by atoms with Crippen molar-refractivity contribution in [1.29, 1.82) is 0 Å². The Hall–Kier alpha value is -2.30. The molecule has 0 saturated carbocycles. The Morgan fingerprint density at radius 1 is 1.35 bits per heavy atom. The molecule has 0 bridgehead atoms. The summed E-state index contributed by atoms with van der Waals surface area (Å²) in [5.41, 5.74) is 2.66. The highest BCUT2D eigenvalue weighted by Crippen LogP contribution is 2.11. The first-order valence-electron chi connectivity index (χ1n) is 6.51. The van der Waals surface area contributed by atoms with Crippen molar-refractivity contribution in [2.75, 3.05) is 13.7 Å². The monoisotopic (exact) mass is 273 g/mol. The second-order valence-electron chi connectivity index (χ2n) is 4.62. The number of rotatable bonds is 5. The molecule has 20 heavy (non-hydrogen) atoms. The summed E-state index contributed by atoms with van der Waals surface area (Å²) >= 11 is 0. The van der Waals surface area contributed by atoms with Gasteiger partial charge in [-0.25, -0.2) is 0 Å². The Balaban J connectivity index is 1.86. The van der Waals surface area contributed by atoms with Crippen molar-refractivity contribution >= 4 is 5.91 Å². The van der Waals surface area contributed by atoms with Crippen LogP contribution in [0.1, 0.15) is 21.6 Å². The van der Waals surface area contributed by atoms with Gasteiger partial charge in [-0.2, -0.15) is 5.10 Å². The van der Waals surface area contributed by atoms with Crippen molar-refractivity contribution in [3.05, 3.63) is 47.3 Å². The lowest BCUT2D eigenvalue weighted by Crippen LogP contribution is -2.26. The average molecular weight is 273 g/mol. The van der Waals surface area contributed by atoms with Crippen LogP contribution >= 0.6 is 0 Å². The van der Waals surface area contributed by atoms with Crippen molar-refractivity contribution < 1.29 is 9.53 Å². The third-order valence-electron chi connectivity index (χ3n) is 3.34. The van der Waals surface area contributed by atoms with Crippen LogP contribution in [0, 0.1) is 6.92 Å². The van der Waals surface area contributed by atoms with E-state index in [-0.39, 0.29) is 5.91 Å². The maximum atomic E-state index is 12.0. The number of aryl methyl sites for hydroxylation is 1. The molecule has 2 aromatic rings. The normalized spacial score (nSPS) is 10.3. The fourth-order valence-electron chi connectivity index (χ4n) is 1.93. The van der Waals surface area contributed by atoms with Crippen LogP contribution in [0.25, 0.3) is 0 Å². The van der Waals surface area contributed by atoms with Gasteiger partial charge in [0.1, 0.15) is 5.75 Å². The Labute approximate surface area is 118 Å². The van der Waals surface area contributed by atoms with Crippen molar-refractivity contribution in [2.24, 2.45) is 7.05 Å². The second kappa shape index (κ2) is 6.23. The predicted octanol–water partition coefficient (Wildman–Crippen LogP) is 1.71. The molecule has 0 unspecified atom stereocenters. The summed E-state index contributed by atoms with van der Waals surface area (Å²) in [5, 5.41) is 6.97. The first kappa shape index (κ1) is 14.1. The van der Waals surface area contributed by atoms with E-state index < -0.39 is 0 Å². The molecule has 2 rings (SSSR count). The lowest BCUT2D eigenvalue weighted by Gasteiger charge is -2.06. The van der Waals surface area contributed by atoms with Gasteiger partial charge in [-0.05, 0) is 31.0 Å². The van der Waals surface area contributed by atoms with E-state index >= 15 is 0 Å². The van der Waals surface area contributed by atoms with E-state index in [1.54, 1.807) is 18.0 Å². The fraction of sp³-hybridized carbons (Fsp3) is 0.333. The predicted molar refractivity (Wildman–Crippen MR) is 77.0 cm³/mol. The van der Waals surface area contributed by atoms with Crippen LogP contribution in [0.15, 0.2) is 30.5 Å². The van der Waals surface area contributed by atoms with E-state index in [0.29, 0.717) is 12.1 Å². The number of amides is 1. The zero-order chi connectivity index (χ0) is 14.5. The SMILES string of the molecule is COc1ccc(CCNC(=O)c2cnn(C)c2C)cc1. The Morgan fingerprint density at radius 3 is 2.60 bits per heavy atom. The minimum absolute atomic E-state index is 0.0795. The average Bonchev–Trinajstić information content (AvgIpc) is 2.80. The molecule has 0 aliphatic heterocycles. The molecule has 0 radical (unpaired) electrons. The molecule has 0 aliphatic rings. The van der Waals surface area contributed by atoms with E-state index in [2.05, 4.69) is 10.4 Å².